The second-order valence-corrected chi connectivity index (χ2v) is 6.14. The first-order chi connectivity index (χ1) is 12.3. The van der Waals surface area contributed by atoms with Crippen LogP contribution in [0.25, 0.3) is 0 Å². The van der Waals surface area contributed by atoms with Crippen molar-refractivity contribution in [2.24, 2.45) is 0 Å². The van der Waals surface area contributed by atoms with E-state index in [2.05, 4.69) is 5.32 Å². The third kappa shape index (κ3) is 4.01. The van der Waals surface area contributed by atoms with Crippen molar-refractivity contribution in [2.45, 2.75) is 32.9 Å². The lowest BCUT2D eigenvalue weighted by molar-refractivity contribution is -0.141. The lowest BCUT2D eigenvalue weighted by atomic mass is 9.94. The van der Waals surface area contributed by atoms with Gasteiger partial charge in [0.25, 0.3) is 0 Å². The molecule has 26 heavy (non-hydrogen) atoms. The number of carbonyl (C=O) groups excluding carboxylic acids is 2. The van der Waals surface area contributed by atoms with Gasteiger partial charge in [-0.15, -0.1) is 0 Å². The maximum Gasteiger partial charge on any atom is 0.338 e. The number of ether oxygens (including phenoxy) is 2. The average molecular weight is 368 g/mol. The van der Waals surface area contributed by atoms with Crippen LogP contribution in [0.4, 0.5) is 13.6 Å². The third-order valence-electron chi connectivity index (χ3n) is 4.06. The topological polar surface area (TPSA) is 67.9 Å². The molecule has 8 heteroatoms. The average Bonchev–Trinajstić information content (AvgIpc) is 2.54. The molecule has 0 aromatic heterocycles. The number of nitrogens with zero attached hydrogens (tertiary/aromatic N) is 1. The van der Waals surface area contributed by atoms with Gasteiger partial charge in [-0.1, -0.05) is 6.07 Å². The highest BCUT2D eigenvalue weighted by Gasteiger charge is 2.38. The first kappa shape index (κ1) is 19.8. The van der Waals surface area contributed by atoms with Crippen LogP contribution in [-0.4, -0.2) is 43.3 Å². The van der Waals surface area contributed by atoms with E-state index < -0.39 is 29.7 Å². The fourth-order valence-corrected chi connectivity index (χ4v) is 2.91. The molecule has 0 aliphatic carbocycles. The highest BCUT2D eigenvalue weighted by molar-refractivity contribution is 5.95. The Morgan fingerprint density at radius 2 is 2.00 bits per heavy atom. The van der Waals surface area contributed by atoms with E-state index in [9.17, 15) is 18.4 Å². The van der Waals surface area contributed by atoms with Crippen molar-refractivity contribution >= 4 is 12.0 Å². The molecule has 1 aromatic rings. The van der Waals surface area contributed by atoms with Crippen LogP contribution < -0.4 is 5.32 Å². The maximum atomic E-state index is 14.3. The van der Waals surface area contributed by atoms with Gasteiger partial charge < -0.3 is 14.8 Å². The SMILES string of the molecule is COCCOC(=O)C1=C(C)N(C(C)C)C(=O)N[C@@H]1c1ccc(F)cc1F. The molecule has 1 N–H and O–H groups in total. The minimum atomic E-state index is -1.08. The van der Waals surface area contributed by atoms with E-state index in [0.717, 1.165) is 6.07 Å². The summed E-state index contributed by atoms with van der Waals surface area (Å²) in [7, 11) is 1.47. The molecule has 2 amide bonds. The maximum absolute atomic E-state index is 14.3. The molecule has 0 saturated carbocycles. The molecule has 1 atom stereocenters. The number of rotatable bonds is 6. The lowest BCUT2D eigenvalue weighted by Gasteiger charge is -2.37. The van der Waals surface area contributed by atoms with Gasteiger partial charge in [-0.25, -0.2) is 18.4 Å². The Kier molecular flexibility index (Phi) is 6.31. The zero-order valence-electron chi connectivity index (χ0n) is 15.1. The molecule has 1 heterocycles. The van der Waals surface area contributed by atoms with E-state index in [1.54, 1.807) is 20.8 Å². The standard InChI is InChI=1S/C18H22F2N2O4/c1-10(2)22-11(3)15(17(23)26-8-7-25-4)16(21-18(22)24)13-6-5-12(19)9-14(13)20/h5-6,9-10,16H,7-8H2,1-4H3,(H,21,24)/t16-/m1/s1. The highest BCUT2D eigenvalue weighted by Crippen LogP contribution is 2.33. The van der Waals surface area contributed by atoms with Crippen molar-refractivity contribution < 1.29 is 27.8 Å². The number of hydrogen-bond acceptors (Lipinski definition) is 4. The smallest absolute Gasteiger partial charge is 0.338 e. The number of methoxy groups -OCH3 is 1. The highest BCUT2D eigenvalue weighted by atomic mass is 19.1. The van der Waals surface area contributed by atoms with Gasteiger partial charge in [-0.05, 0) is 26.8 Å². The number of carbonyl (C=O) groups is 2. The van der Waals surface area contributed by atoms with Crippen LogP contribution in [0, 0.1) is 11.6 Å². The van der Waals surface area contributed by atoms with E-state index >= 15 is 0 Å². The first-order valence-corrected chi connectivity index (χ1v) is 8.19. The zero-order chi connectivity index (χ0) is 19.4. The Labute approximate surface area is 150 Å². The Morgan fingerprint density at radius 1 is 1.31 bits per heavy atom. The lowest BCUT2D eigenvalue weighted by Crippen LogP contribution is -2.50. The first-order valence-electron chi connectivity index (χ1n) is 8.19. The van der Waals surface area contributed by atoms with E-state index in [1.165, 1.54) is 18.1 Å². The molecule has 1 aromatic carbocycles. The Bertz CT molecular complexity index is 734. The van der Waals surface area contributed by atoms with Crippen molar-refractivity contribution in [3.05, 3.63) is 46.7 Å². The van der Waals surface area contributed by atoms with E-state index in [-0.39, 0.29) is 30.4 Å². The van der Waals surface area contributed by atoms with Crippen molar-refractivity contribution in [2.75, 3.05) is 20.3 Å². The number of esters is 1. The largest absolute Gasteiger partial charge is 0.460 e. The molecule has 2 rings (SSSR count). The van der Waals surface area contributed by atoms with Crippen molar-refractivity contribution in [1.29, 1.82) is 0 Å². The molecule has 6 nitrogen and oxygen atoms in total. The molecular weight excluding hydrogens is 346 g/mol. The molecular formula is C18H22F2N2O4. The van der Waals surface area contributed by atoms with Gasteiger partial charge in [-0.2, -0.15) is 0 Å². The molecule has 0 bridgehead atoms. The number of amides is 2. The second kappa shape index (κ2) is 8.27. The Morgan fingerprint density at radius 3 is 2.58 bits per heavy atom. The summed E-state index contributed by atoms with van der Waals surface area (Å²) >= 11 is 0. The van der Waals surface area contributed by atoms with Crippen LogP contribution in [0.3, 0.4) is 0 Å². The van der Waals surface area contributed by atoms with E-state index in [1.807, 2.05) is 0 Å². The number of allylic oxidation sites excluding steroid dienone is 1. The summed E-state index contributed by atoms with van der Waals surface area (Å²) in [5.41, 5.74) is 0.445. The van der Waals surface area contributed by atoms with Crippen LogP contribution in [0.15, 0.2) is 29.5 Å². The molecule has 0 saturated heterocycles. The number of benzene rings is 1. The van der Waals surface area contributed by atoms with Crippen LogP contribution in [0.5, 0.6) is 0 Å². The van der Waals surface area contributed by atoms with Gasteiger partial charge in [0.2, 0.25) is 0 Å². The minimum Gasteiger partial charge on any atom is -0.460 e. The van der Waals surface area contributed by atoms with Crippen molar-refractivity contribution in [1.82, 2.24) is 10.2 Å². The molecule has 0 spiro atoms. The van der Waals surface area contributed by atoms with Crippen LogP contribution in [0.1, 0.15) is 32.4 Å². The summed E-state index contributed by atoms with van der Waals surface area (Å²) < 4.78 is 37.6. The Balaban J connectivity index is 2.50. The minimum absolute atomic E-state index is 0.0128. The normalized spacial score (nSPS) is 17.6. The molecule has 0 unspecified atom stereocenters. The van der Waals surface area contributed by atoms with Gasteiger partial charge in [0.15, 0.2) is 0 Å². The van der Waals surface area contributed by atoms with Crippen molar-refractivity contribution in [3.8, 4) is 0 Å². The predicted molar refractivity (Wildman–Crippen MR) is 90.1 cm³/mol. The van der Waals surface area contributed by atoms with Gasteiger partial charge in [0.05, 0.1) is 18.2 Å². The monoisotopic (exact) mass is 368 g/mol. The van der Waals surface area contributed by atoms with Crippen molar-refractivity contribution in [3.63, 3.8) is 0 Å². The van der Waals surface area contributed by atoms with E-state index in [0.29, 0.717) is 11.8 Å². The summed E-state index contributed by atoms with van der Waals surface area (Å²) in [6, 6.07) is 1.21. The molecule has 0 radical (unpaired) electrons. The van der Waals surface area contributed by atoms with Crippen LogP contribution >= 0.6 is 0 Å². The number of urea groups is 1. The molecule has 1 aliphatic heterocycles. The zero-order valence-corrected chi connectivity index (χ0v) is 15.1. The fourth-order valence-electron chi connectivity index (χ4n) is 2.91. The summed E-state index contributed by atoms with van der Waals surface area (Å²) in [6.45, 7) is 5.39. The predicted octanol–water partition coefficient (Wildman–Crippen LogP) is 2.90. The number of halogens is 2. The Hall–Kier alpha value is -2.48. The van der Waals surface area contributed by atoms with Gasteiger partial charge in [0, 0.05) is 30.5 Å². The summed E-state index contributed by atoms with van der Waals surface area (Å²) in [5, 5.41) is 2.61. The van der Waals surface area contributed by atoms with Gasteiger partial charge in [-0.3, -0.25) is 4.90 Å². The van der Waals surface area contributed by atoms with Gasteiger partial charge >= 0.3 is 12.0 Å². The summed E-state index contributed by atoms with van der Waals surface area (Å²) in [5.74, 6) is -2.30. The number of hydrogen-bond donors (Lipinski definition) is 1. The third-order valence-corrected chi connectivity index (χ3v) is 4.06. The van der Waals surface area contributed by atoms with Crippen LogP contribution in [0.2, 0.25) is 0 Å². The number of nitrogens with one attached hydrogen (secondary N) is 1. The molecule has 0 fully saturated rings. The molecule has 1 aliphatic rings. The fraction of sp³-hybridized carbons (Fsp3) is 0.444. The molecule has 142 valence electrons. The second-order valence-electron chi connectivity index (χ2n) is 6.14. The quantitative estimate of drug-likeness (QED) is 0.619. The van der Waals surface area contributed by atoms with Gasteiger partial charge in [0.1, 0.15) is 18.2 Å². The summed E-state index contributed by atoms with van der Waals surface area (Å²) in [4.78, 5) is 26.5. The van der Waals surface area contributed by atoms with E-state index in [4.69, 9.17) is 9.47 Å². The summed E-state index contributed by atoms with van der Waals surface area (Å²) in [6.07, 6.45) is 0. The van der Waals surface area contributed by atoms with Crippen LogP contribution in [-0.2, 0) is 14.3 Å².